The fraction of sp³-hybridized carbons (Fsp3) is 0. The van der Waals surface area contributed by atoms with E-state index in [0.717, 1.165) is 12.1 Å². The lowest BCUT2D eigenvalue weighted by molar-refractivity contribution is -0.385. The molecule has 0 radical (unpaired) electrons. The van der Waals surface area contributed by atoms with E-state index in [1.54, 1.807) is 12.1 Å². The van der Waals surface area contributed by atoms with Gasteiger partial charge in [0.25, 0.3) is 0 Å². The molecular formula is C14H8BrFN4O3. The molecule has 2 aromatic carbocycles. The molecule has 0 aliphatic rings. The van der Waals surface area contributed by atoms with Crippen LogP contribution in [0.25, 0.3) is 10.9 Å². The van der Waals surface area contributed by atoms with E-state index in [0.29, 0.717) is 5.52 Å². The van der Waals surface area contributed by atoms with Gasteiger partial charge in [-0.05, 0) is 28.1 Å². The highest BCUT2D eigenvalue weighted by Crippen LogP contribution is 2.34. The van der Waals surface area contributed by atoms with Gasteiger partial charge in [0.1, 0.15) is 12.1 Å². The van der Waals surface area contributed by atoms with E-state index >= 15 is 0 Å². The lowest BCUT2D eigenvalue weighted by atomic mass is 10.2. The number of hydrogen-bond donors (Lipinski definition) is 2. The number of nitro groups is 1. The van der Waals surface area contributed by atoms with Gasteiger partial charge in [-0.15, -0.1) is 0 Å². The van der Waals surface area contributed by atoms with E-state index in [1.807, 2.05) is 0 Å². The molecule has 0 aliphatic carbocycles. The Balaban J connectivity index is 2.16. The van der Waals surface area contributed by atoms with Gasteiger partial charge in [0.2, 0.25) is 0 Å². The van der Waals surface area contributed by atoms with Crippen molar-refractivity contribution in [1.82, 2.24) is 9.97 Å². The molecule has 3 aromatic rings. The first-order valence-corrected chi connectivity index (χ1v) is 7.10. The second kappa shape index (κ2) is 5.76. The van der Waals surface area contributed by atoms with Gasteiger partial charge in [0.15, 0.2) is 11.6 Å². The summed E-state index contributed by atoms with van der Waals surface area (Å²) in [7, 11) is 0. The molecule has 7 nitrogen and oxygen atoms in total. The molecule has 0 aliphatic heterocycles. The first-order chi connectivity index (χ1) is 11.0. The lowest BCUT2D eigenvalue weighted by Gasteiger charge is -2.10. The molecule has 0 saturated heterocycles. The number of aromatic nitrogens is 2. The van der Waals surface area contributed by atoms with Crippen molar-refractivity contribution >= 4 is 44.0 Å². The van der Waals surface area contributed by atoms with Gasteiger partial charge in [-0.3, -0.25) is 10.1 Å². The molecular weight excluding hydrogens is 371 g/mol. The number of nitrogens with one attached hydrogen (secondary N) is 1. The quantitative estimate of drug-likeness (QED) is 0.529. The summed E-state index contributed by atoms with van der Waals surface area (Å²) in [6.45, 7) is 0. The highest BCUT2D eigenvalue weighted by molar-refractivity contribution is 9.10. The van der Waals surface area contributed by atoms with Crippen LogP contribution in [0.3, 0.4) is 0 Å². The van der Waals surface area contributed by atoms with E-state index < -0.39 is 22.2 Å². The SMILES string of the molecule is O=[N+]([O-])c1cc2c(Nc3cccc(Br)c3F)ncnc2cc1O. The molecule has 23 heavy (non-hydrogen) atoms. The minimum absolute atomic E-state index is 0.148. The molecule has 0 amide bonds. The number of fused-ring (bicyclic) bond motifs is 1. The lowest BCUT2D eigenvalue weighted by Crippen LogP contribution is -1.99. The van der Waals surface area contributed by atoms with Crippen molar-refractivity contribution in [2.24, 2.45) is 0 Å². The largest absolute Gasteiger partial charge is 0.502 e. The third-order valence-corrected chi connectivity index (χ3v) is 3.75. The van der Waals surface area contributed by atoms with Gasteiger partial charge >= 0.3 is 5.69 Å². The van der Waals surface area contributed by atoms with Crippen molar-refractivity contribution < 1.29 is 14.4 Å². The molecule has 0 fully saturated rings. The van der Waals surface area contributed by atoms with Gasteiger partial charge in [0, 0.05) is 12.1 Å². The second-order valence-corrected chi connectivity index (χ2v) is 5.42. The van der Waals surface area contributed by atoms with E-state index in [-0.39, 0.29) is 21.4 Å². The van der Waals surface area contributed by atoms with Crippen LogP contribution >= 0.6 is 15.9 Å². The Morgan fingerprint density at radius 2 is 2.09 bits per heavy atom. The van der Waals surface area contributed by atoms with Crippen molar-refractivity contribution in [1.29, 1.82) is 0 Å². The number of benzene rings is 2. The van der Waals surface area contributed by atoms with Crippen LogP contribution in [0, 0.1) is 15.9 Å². The molecule has 0 saturated carbocycles. The van der Waals surface area contributed by atoms with Crippen LogP contribution in [0.4, 0.5) is 21.6 Å². The number of anilines is 2. The predicted octanol–water partition coefficient (Wildman–Crippen LogP) is 3.89. The number of phenols is 1. The van der Waals surface area contributed by atoms with Crippen molar-refractivity contribution in [3.8, 4) is 5.75 Å². The Kier molecular flexibility index (Phi) is 3.78. The van der Waals surface area contributed by atoms with Gasteiger partial charge in [-0.1, -0.05) is 6.07 Å². The van der Waals surface area contributed by atoms with E-state index in [4.69, 9.17) is 0 Å². The Morgan fingerprint density at radius 1 is 1.30 bits per heavy atom. The molecule has 116 valence electrons. The van der Waals surface area contributed by atoms with Crippen LogP contribution in [0.5, 0.6) is 5.75 Å². The molecule has 0 atom stereocenters. The number of phenolic OH excluding ortho intramolecular Hbond substituents is 1. The molecule has 0 bridgehead atoms. The number of halogens is 2. The first-order valence-electron chi connectivity index (χ1n) is 6.30. The number of aromatic hydroxyl groups is 1. The second-order valence-electron chi connectivity index (χ2n) is 4.56. The number of hydrogen-bond acceptors (Lipinski definition) is 6. The Bertz CT molecular complexity index is 935. The van der Waals surface area contributed by atoms with E-state index in [1.165, 1.54) is 12.4 Å². The maximum Gasteiger partial charge on any atom is 0.311 e. The average Bonchev–Trinajstić information content (AvgIpc) is 2.51. The molecule has 1 aromatic heterocycles. The zero-order valence-corrected chi connectivity index (χ0v) is 12.9. The Hall–Kier alpha value is -2.81. The third kappa shape index (κ3) is 2.78. The summed E-state index contributed by atoms with van der Waals surface area (Å²) in [5, 5.41) is 23.7. The molecule has 0 spiro atoms. The fourth-order valence-electron chi connectivity index (χ4n) is 2.05. The Labute approximate surface area is 137 Å². The Morgan fingerprint density at radius 3 is 2.83 bits per heavy atom. The van der Waals surface area contributed by atoms with Crippen LogP contribution in [0.1, 0.15) is 0 Å². The number of nitrogens with zero attached hydrogens (tertiary/aromatic N) is 3. The highest BCUT2D eigenvalue weighted by Gasteiger charge is 2.18. The summed E-state index contributed by atoms with van der Waals surface area (Å²) >= 11 is 3.08. The average molecular weight is 379 g/mol. The van der Waals surface area contributed by atoms with Gasteiger partial charge in [-0.25, -0.2) is 14.4 Å². The maximum absolute atomic E-state index is 14.1. The van der Waals surface area contributed by atoms with Gasteiger partial charge in [-0.2, -0.15) is 0 Å². The standard InChI is InChI=1S/C14H8BrFN4O3/c15-8-2-1-3-9(13(8)16)19-14-7-4-11(20(22)23)12(21)5-10(7)17-6-18-14/h1-6,21H,(H,17,18,19). The minimum atomic E-state index is -0.717. The fourth-order valence-corrected chi connectivity index (χ4v) is 2.42. The molecule has 0 unspecified atom stereocenters. The van der Waals surface area contributed by atoms with Crippen LogP contribution < -0.4 is 5.32 Å². The van der Waals surface area contributed by atoms with E-state index in [2.05, 4.69) is 31.2 Å². The van der Waals surface area contributed by atoms with Crippen molar-refractivity contribution in [2.75, 3.05) is 5.32 Å². The summed E-state index contributed by atoms with van der Waals surface area (Å²) in [5.74, 6) is -0.830. The summed E-state index contributed by atoms with van der Waals surface area (Å²) in [6, 6.07) is 6.98. The van der Waals surface area contributed by atoms with Gasteiger partial charge < -0.3 is 10.4 Å². The topological polar surface area (TPSA) is 101 Å². The monoisotopic (exact) mass is 378 g/mol. The first kappa shape index (κ1) is 15.1. The van der Waals surface area contributed by atoms with Crippen LogP contribution in [0.2, 0.25) is 0 Å². The molecule has 9 heteroatoms. The number of rotatable bonds is 3. The van der Waals surface area contributed by atoms with Crippen molar-refractivity contribution in [3.05, 3.63) is 57.1 Å². The minimum Gasteiger partial charge on any atom is -0.502 e. The van der Waals surface area contributed by atoms with Crippen LogP contribution in [0.15, 0.2) is 41.1 Å². The highest BCUT2D eigenvalue weighted by atomic mass is 79.9. The van der Waals surface area contributed by atoms with Gasteiger partial charge in [0.05, 0.1) is 26.0 Å². The predicted molar refractivity (Wildman–Crippen MR) is 85.2 cm³/mol. The van der Waals surface area contributed by atoms with Crippen molar-refractivity contribution in [2.45, 2.75) is 0 Å². The van der Waals surface area contributed by atoms with Crippen LogP contribution in [-0.4, -0.2) is 20.0 Å². The smallest absolute Gasteiger partial charge is 0.311 e. The summed E-state index contributed by atoms with van der Waals surface area (Å²) in [6.07, 6.45) is 1.21. The third-order valence-electron chi connectivity index (χ3n) is 3.13. The van der Waals surface area contributed by atoms with Crippen molar-refractivity contribution in [3.63, 3.8) is 0 Å². The zero-order chi connectivity index (χ0) is 16.6. The molecule has 1 heterocycles. The zero-order valence-electron chi connectivity index (χ0n) is 11.3. The normalized spacial score (nSPS) is 10.7. The van der Waals surface area contributed by atoms with Crippen LogP contribution in [-0.2, 0) is 0 Å². The maximum atomic E-state index is 14.1. The molecule has 3 rings (SSSR count). The summed E-state index contributed by atoms with van der Waals surface area (Å²) in [4.78, 5) is 18.2. The molecule has 2 N–H and O–H groups in total. The summed E-state index contributed by atoms with van der Waals surface area (Å²) < 4.78 is 14.3. The number of nitro benzene ring substituents is 1. The summed E-state index contributed by atoms with van der Waals surface area (Å²) in [5.41, 5.74) is -0.0406. The van der Waals surface area contributed by atoms with E-state index in [9.17, 15) is 19.6 Å².